The van der Waals surface area contributed by atoms with Crippen LogP contribution < -0.4 is 0 Å². The van der Waals surface area contributed by atoms with E-state index in [1.54, 1.807) is 12.1 Å². The van der Waals surface area contributed by atoms with E-state index in [4.69, 9.17) is 4.74 Å². The van der Waals surface area contributed by atoms with Crippen molar-refractivity contribution in [3.8, 4) is 0 Å². The summed E-state index contributed by atoms with van der Waals surface area (Å²) in [4.78, 5) is 40.7. The summed E-state index contributed by atoms with van der Waals surface area (Å²) in [6.07, 6.45) is 1.57. The van der Waals surface area contributed by atoms with Gasteiger partial charge in [-0.25, -0.2) is 4.79 Å². The molecule has 1 unspecified atom stereocenters. The van der Waals surface area contributed by atoms with Gasteiger partial charge < -0.3 is 9.84 Å². The van der Waals surface area contributed by atoms with E-state index in [1.807, 2.05) is 43.3 Å². The molecule has 0 aromatic heterocycles. The van der Waals surface area contributed by atoms with Crippen LogP contribution in [0, 0.1) is 0 Å². The monoisotopic (exact) mass is 477 g/mol. The van der Waals surface area contributed by atoms with Crippen LogP contribution in [-0.2, 0) is 11.3 Å². The molecular formula is C30H23NO5. The number of carbonyl (C=O) groups excluding carboxylic acids is 3. The van der Waals surface area contributed by atoms with Crippen molar-refractivity contribution in [3.63, 3.8) is 0 Å². The molecule has 2 heterocycles. The summed E-state index contributed by atoms with van der Waals surface area (Å²) < 4.78 is 5.35. The van der Waals surface area contributed by atoms with Crippen LogP contribution in [-0.4, -0.2) is 40.4 Å². The Morgan fingerprint density at radius 3 is 1.94 bits per heavy atom. The second-order valence-electron chi connectivity index (χ2n) is 9.85. The Hall–Kier alpha value is -4.03. The fourth-order valence-electron chi connectivity index (χ4n) is 6.12. The minimum absolute atomic E-state index is 0.00804. The number of benzene rings is 5. The van der Waals surface area contributed by atoms with Crippen molar-refractivity contribution in [1.29, 1.82) is 0 Å². The molecule has 5 aromatic carbocycles. The van der Waals surface area contributed by atoms with Gasteiger partial charge in [0.2, 0.25) is 0 Å². The number of nitrogens with zero attached hydrogens (tertiary/aromatic N) is 1. The Balaban J connectivity index is 1.51. The van der Waals surface area contributed by atoms with Crippen molar-refractivity contribution in [1.82, 2.24) is 4.90 Å². The molecule has 0 fully saturated rings. The fourth-order valence-corrected chi connectivity index (χ4v) is 6.12. The van der Waals surface area contributed by atoms with Gasteiger partial charge in [0.1, 0.15) is 6.61 Å². The number of ether oxygens (including phenoxy) is 1. The second kappa shape index (κ2) is 7.48. The van der Waals surface area contributed by atoms with E-state index in [9.17, 15) is 19.5 Å². The number of esters is 1. The summed E-state index contributed by atoms with van der Waals surface area (Å²) in [5.74, 6) is -1.06. The molecule has 5 aromatic rings. The highest BCUT2D eigenvalue weighted by molar-refractivity contribution is 6.39. The molecule has 0 aliphatic carbocycles. The van der Waals surface area contributed by atoms with Crippen LogP contribution in [0.2, 0.25) is 0 Å². The topological polar surface area (TPSA) is 83.9 Å². The summed E-state index contributed by atoms with van der Waals surface area (Å²) in [5.41, 5.74) is 2.49. The zero-order chi connectivity index (χ0) is 24.7. The third kappa shape index (κ3) is 2.67. The van der Waals surface area contributed by atoms with Crippen molar-refractivity contribution in [3.05, 3.63) is 70.8 Å². The van der Waals surface area contributed by atoms with E-state index in [0.717, 1.165) is 56.1 Å². The van der Waals surface area contributed by atoms with E-state index in [0.29, 0.717) is 28.5 Å². The number of rotatable bonds is 5. The standard InChI is InChI=1S/C30H23NO5/c1-2-3-4-16(32)13-31-28(33)21-10-7-19-17-6-5-15-14-36-30(35)23-12-9-18(25(17)24(15)23)20-8-11-22(29(31)34)27(21)26(19)20/h5-12,16,32H,2-4,13-14H2,1H3. The number of hydrogen-bond acceptors (Lipinski definition) is 5. The summed E-state index contributed by atoms with van der Waals surface area (Å²) in [6.45, 7) is 2.28. The number of hydrogen-bond donors (Lipinski definition) is 1. The smallest absolute Gasteiger partial charge is 0.339 e. The minimum Gasteiger partial charge on any atom is -0.457 e. The van der Waals surface area contributed by atoms with Crippen LogP contribution in [0.1, 0.15) is 62.8 Å². The average molecular weight is 478 g/mol. The van der Waals surface area contributed by atoms with E-state index < -0.39 is 6.10 Å². The molecule has 2 aliphatic rings. The lowest BCUT2D eigenvalue weighted by Gasteiger charge is -2.30. The maximum Gasteiger partial charge on any atom is 0.339 e. The first-order chi connectivity index (χ1) is 17.5. The molecule has 1 atom stereocenters. The van der Waals surface area contributed by atoms with Crippen molar-refractivity contribution in [2.75, 3.05) is 6.54 Å². The fraction of sp³-hybridized carbons (Fsp3) is 0.233. The van der Waals surface area contributed by atoms with Gasteiger partial charge in [0.15, 0.2) is 0 Å². The van der Waals surface area contributed by atoms with Gasteiger partial charge in [0.25, 0.3) is 11.8 Å². The zero-order valence-electron chi connectivity index (χ0n) is 19.8. The van der Waals surface area contributed by atoms with Crippen LogP contribution in [0.4, 0.5) is 0 Å². The van der Waals surface area contributed by atoms with E-state index in [-0.39, 0.29) is 30.9 Å². The number of imide groups is 1. The molecule has 36 heavy (non-hydrogen) atoms. The lowest BCUT2D eigenvalue weighted by Crippen LogP contribution is -2.44. The van der Waals surface area contributed by atoms with Crippen LogP contribution in [0.25, 0.3) is 43.1 Å². The summed E-state index contributed by atoms with van der Waals surface area (Å²) in [7, 11) is 0. The summed E-state index contributed by atoms with van der Waals surface area (Å²) in [5, 5.41) is 17.8. The van der Waals surface area contributed by atoms with Crippen molar-refractivity contribution >= 4 is 60.9 Å². The molecule has 0 spiro atoms. The quantitative estimate of drug-likeness (QED) is 0.155. The largest absolute Gasteiger partial charge is 0.457 e. The van der Waals surface area contributed by atoms with E-state index >= 15 is 0 Å². The first kappa shape index (κ1) is 21.3. The number of β-amino-alcohol motifs (C(OH)–C–C–N with tert-alkyl or cyclic N) is 1. The van der Waals surface area contributed by atoms with Crippen molar-refractivity contribution < 1.29 is 24.2 Å². The van der Waals surface area contributed by atoms with Gasteiger partial charge in [-0.05, 0) is 62.5 Å². The number of cyclic esters (lactones) is 1. The maximum absolute atomic E-state index is 13.5. The van der Waals surface area contributed by atoms with Gasteiger partial charge in [-0.15, -0.1) is 0 Å². The minimum atomic E-state index is -0.745. The van der Waals surface area contributed by atoms with Gasteiger partial charge >= 0.3 is 5.97 Å². The molecule has 7 rings (SSSR count). The maximum atomic E-state index is 13.5. The third-order valence-corrected chi connectivity index (χ3v) is 7.80. The lowest BCUT2D eigenvalue weighted by molar-refractivity contribution is 0.0460. The third-order valence-electron chi connectivity index (χ3n) is 7.80. The Bertz CT molecular complexity index is 1720. The average Bonchev–Trinajstić information content (AvgIpc) is 2.90. The molecule has 0 saturated carbocycles. The summed E-state index contributed by atoms with van der Waals surface area (Å²) >= 11 is 0. The molecule has 2 amide bonds. The van der Waals surface area contributed by atoms with Crippen molar-refractivity contribution in [2.24, 2.45) is 0 Å². The number of carbonyl (C=O) groups is 3. The Kier molecular flexibility index (Phi) is 4.42. The first-order valence-electron chi connectivity index (χ1n) is 12.4. The highest BCUT2D eigenvalue weighted by Crippen LogP contribution is 2.45. The van der Waals surface area contributed by atoms with Gasteiger partial charge in [-0.2, -0.15) is 0 Å². The normalized spacial score (nSPS) is 16.1. The van der Waals surface area contributed by atoms with E-state index in [1.165, 1.54) is 4.90 Å². The predicted octanol–water partition coefficient (Wildman–Crippen LogP) is 5.55. The second-order valence-corrected chi connectivity index (χ2v) is 9.85. The van der Waals surface area contributed by atoms with Crippen LogP contribution in [0.5, 0.6) is 0 Å². The molecule has 178 valence electrons. The highest BCUT2D eigenvalue weighted by Gasteiger charge is 2.35. The molecule has 1 N–H and O–H groups in total. The van der Waals surface area contributed by atoms with Gasteiger partial charge in [0, 0.05) is 21.9 Å². The molecule has 6 heteroatoms. The molecule has 6 nitrogen and oxygen atoms in total. The van der Waals surface area contributed by atoms with Crippen LogP contribution >= 0.6 is 0 Å². The Morgan fingerprint density at radius 2 is 1.33 bits per heavy atom. The number of fused-ring (bicyclic) bond motifs is 2. The highest BCUT2D eigenvalue weighted by atomic mass is 16.5. The van der Waals surface area contributed by atoms with Crippen molar-refractivity contribution in [2.45, 2.75) is 38.9 Å². The molecule has 0 bridgehead atoms. The van der Waals surface area contributed by atoms with Gasteiger partial charge in [-0.3, -0.25) is 14.5 Å². The van der Waals surface area contributed by atoms with Crippen LogP contribution in [0.3, 0.4) is 0 Å². The number of aliphatic hydroxyl groups is 1. The number of aliphatic hydroxyl groups excluding tert-OH is 1. The van der Waals surface area contributed by atoms with Gasteiger partial charge in [-0.1, -0.05) is 50.1 Å². The lowest BCUT2D eigenvalue weighted by atomic mass is 9.83. The van der Waals surface area contributed by atoms with Gasteiger partial charge in [0.05, 0.1) is 18.2 Å². The van der Waals surface area contributed by atoms with Crippen LogP contribution in [0.15, 0.2) is 48.5 Å². The van der Waals surface area contributed by atoms with E-state index in [2.05, 4.69) is 0 Å². The molecule has 0 saturated heterocycles. The Morgan fingerprint density at radius 1 is 0.778 bits per heavy atom. The predicted molar refractivity (Wildman–Crippen MR) is 138 cm³/mol. The molecule has 0 radical (unpaired) electrons. The zero-order valence-corrected chi connectivity index (χ0v) is 19.8. The molecular weight excluding hydrogens is 454 g/mol. The SMILES string of the molecule is CCCCC(O)CN1C(=O)c2ccc3c4ccc5c6c(ccc(c7ccc(c2c37)C1=O)c64)C(=O)OC5. The first-order valence-corrected chi connectivity index (χ1v) is 12.4. The Labute approximate surface area is 206 Å². The molecule has 2 aliphatic heterocycles. The summed E-state index contributed by atoms with van der Waals surface area (Å²) in [6, 6.07) is 15.3. The number of unbranched alkanes of at least 4 members (excludes halogenated alkanes) is 1. The number of amides is 2.